The summed E-state index contributed by atoms with van der Waals surface area (Å²) in [6.45, 7) is 7.94. The number of rotatable bonds is 3. The Bertz CT molecular complexity index is 543. The summed E-state index contributed by atoms with van der Waals surface area (Å²) < 4.78 is 0. The van der Waals surface area contributed by atoms with Crippen molar-refractivity contribution in [2.45, 2.75) is 39.0 Å². The third-order valence-electron chi connectivity index (χ3n) is 3.84. The number of amides is 3. The lowest BCUT2D eigenvalue weighted by atomic mass is 9.86. The summed E-state index contributed by atoms with van der Waals surface area (Å²) in [6, 6.07) is 7.39. The number of nitrogens with one attached hydrogen (secondary N) is 2. The first-order chi connectivity index (χ1) is 10.4. The molecule has 0 aliphatic carbocycles. The monoisotopic (exact) mass is 303 g/mol. The quantitative estimate of drug-likeness (QED) is 0.902. The molecule has 1 aromatic rings. The van der Waals surface area contributed by atoms with Crippen molar-refractivity contribution in [2.24, 2.45) is 0 Å². The lowest BCUT2D eigenvalue weighted by Crippen LogP contribution is -2.40. The molecule has 2 N–H and O–H groups in total. The van der Waals surface area contributed by atoms with E-state index in [-0.39, 0.29) is 23.9 Å². The van der Waals surface area contributed by atoms with Crippen molar-refractivity contribution in [3.05, 3.63) is 29.8 Å². The van der Waals surface area contributed by atoms with Gasteiger partial charge in [0.1, 0.15) is 0 Å². The minimum atomic E-state index is -0.343. The second-order valence-corrected chi connectivity index (χ2v) is 6.69. The number of benzene rings is 1. The van der Waals surface area contributed by atoms with Gasteiger partial charge in [0, 0.05) is 18.8 Å². The van der Waals surface area contributed by atoms with Crippen LogP contribution in [0.5, 0.6) is 0 Å². The maximum Gasteiger partial charge on any atom is 0.319 e. The molecule has 1 saturated heterocycles. The molecule has 3 amide bonds. The molecule has 1 aliphatic heterocycles. The molecule has 120 valence electrons. The first-order valence-electron chi connectivity index (χ1n) is 7.80. The average molecular weight is 303 g/mol. The molecule has 0 unspecified atom stereocenters. The number of nitrogens with zero attached hydrogens (tertiary/aromatic N) is 1. The predicted molar refractivity (Wildman–Crippen MR) is 88.0 cm³/mol. The molecule has 0 atom stereocenters. The summed E-state index contributed by atoms with van der Waals surface area (Å²) in [5.41, 5.74) is 1.78. The predicted octanol–water partition coefficient (Wildman–Crippen LogP) is 2.73. The molecular weight excluding hydrogens is 278 g/mol. The van der Waals surface area contributed by atoms with Crippen LogP contribution in [0.25, 0.3) is 0 Å². The Hall–Kier alpha value is -2.04. The summed E-state index contributed by atoms with van der Waals surface area (Å²) in [5.74, 6) is -0.0169. The average Bonchev–Trinajstić information content (AvgIpc) is 2.98. The number of anilines is 1. The van der Waals surface area contributed by atoms with Crippen molar-refractivity contribution < 1.29 is 9.59 Å². The van der Waals surface area contributed by atoms with Gasteiger partial charge in [-0.2, -0.15) is 0 Å². The van der Waals surface area contributed by atoms with E-state index >= 15 is 0 Å². The van der Waals surface area contributed by atoms with Crippen LogP contribution in [0.15, 0.2) is 24.3 Å². The maximum absolute atomic E-state index is 12.0. The zero-order chi connectivity index (χ0) is 16.2. The first-order valence-corrected chi connectivity index (χ1v) is 7.80. The van der Waals surface area contributed by atoms with E-state index in [1.54, 1.807) is 4.90 Å². The number of hydrogen-bond acceptors (Lipinski definition) is 2. The standard InChI is InChI=1S/C17H25N3O2/c1-17(2,3)13-8-4-5-9-14(13)19-16(22)18-12-15(21)20-10-6-7-11-20/h4-5,8-9H,6-7,10-12H2,1-3H3,(H2,18,19,22). The van der Waals surface area contributed by atoms with E-state index in [0.717, 1.165) is 37.2 Å². The van der Waals surface area contributed by atoms with Crippen molar-refractivity contribution >= 4 is 17.6 Å². The molecule has 5 nitrogen and oxygen atoms in total. The third kappa shape index (κ3) is 4.23. The SMILES string of the molecule is CC(C)(C)c1ccccc1NC(=O)NCC(=O)N1CCCC1. The van der Waals surface area contributed by atoms with Gasteiger partial charge in [0.25, 0.3) is 0 Å². The van der Waals surface area contributed by atoms with Crippen molar-refractivity contribution in [3.63, 3.8) is 0 Å². The van der Waals surface area contributed by atoms with Crippen LogP contribution in [-0.2, 0) is 10.2 Å². The first kappa shape index (κ1) is 16.3. The second-order valence-electron chi connectivity index (χ2n) is 6.69. The van der Waals surface area contributed by atoms with E-state index in [1.165, 1.54) is 0 Å². The van der Waals surface area contributed by atoms with Crippen LogP contribution in [0.3, 0.4) is 0 Å². The van der Waals surface area contributed by atoms with Crippen molar-refractivity contribution in [3.8, 4) is 0 Å². The molecular formula is C17H25N3O2. The topological polar surface area (TPSA) is 61.4 Å². The van der Waals surface area contributed by atoms with E-state index in [4.69, 9.17) is 0 Å². The van der Waals surface area contributed by atoms with E-state index in [0.29, 0.717) is 0 Å². The van der Waals surface area contributed by atoms with Gasteiger partial charge in [0.2, 0.25) is 5.91 Å². The van der Waals surface area contributed by atoms with Crippen LogP contribution in [0.4, 0.5) is 10.5 Å². The van der Waals surface area contributed by atoms with Crippen molar-refractivity contribution in [1.29, 1.82) is 0 Å². The number of carbonyl (C=O) groups is 2. The van der Waals surface area contributed by atoms with Crippen LogP contribution in [0, 0.1) is 0 Å². The number of likely N-dealkylation sites (tertiary alicyclic amines) is 1. The smallest absolute Gasteiger partial charge is 0.319 e. The molecule has 0 spiro atoms. The molecule has 1 heterocycles. The zero-order valence-electron chi connectivity index (χ0n) is 13.6. The highest BCUT2D eigenvalue weighted by atomic mass is 16.2. The van der Waals surface area contributed by atoms with E-state index in [9.17, 15) is 9.59 Å². The minimum Gasteiger partial charge on any atom is -0.341 e. The molecule has 22 heavy (non-hydrogen) atoms. The van der Waals surface area contributed by atoms with Crippen LogP contribution in [-0.4, -0.2) is 36.5 Å². The van der Waals surface area contributed by atoms with Crippen LogP contribution >= 0.6 is 0 Å². The molecule has 1 fully saturated rings. The number of hydrogen-bond donors (Lipinski definition) is 2. The summed E-state index contributed by atoms with van der Waals surface area (Å²) in [6.07, 6.45) is 2.10. The summed E-state index contributed by atoms with van der Waals surface area (Å²) in [5, 5.41) is 5.49. The number of para-hydroxylation sites is 1. The Morgan fingerprint density at radius 1 is 1.14 bits per heavy atom. The van der Waals surface area contributed by atoms with Crippen LogP contribution in [0.1, 0.15) is 39.2 Å². The highest BCUT2D eigenvalue weighted by Crippen LogP contribution is 2.29. The summed E-state index contributed by atoms with van der Waals surface area (Å²) >= 11 is 0. The van der Waals surface area contributed by atoms with Gasteiger partial charge in [0.15, 0.2) is 0 Å². The van der Waals surface area contributed by atoms with Gasteiger partial charge in [-0.05, 0) is 29.9 Å². The van der Waals surface area contributed by atoms with Gasteiger partial charge in [0.05, 0.1) is 6.54 Å². The molecule has 5 heteroatoms. The molecule has 0 saturated carbocycles. The normalized spacial score (nSPS) is 14.8. The van der Waals surface area contributed by atoms with Gasteiger partial charge >= 0.3 is 6.03 Å². The number of carbonyl (C=O) groups excluding carboxylic acids is 2. The van der Waals surface area contributed by atoms with Crippen molar-refractivity contribution in [1.82, 2.24) is 10.2 Å². The van der Waals surface area contributed by atoms with E-state index in [1.807, 2.05) is 24.3 Å². The molecule has 0 radical (unpaired) electrons. The lowest BCUT2D eigenvalue weighted by molar-refractivity contribution is -0.128. The zero-order valence-corrected chi connectivity index (χ0v) is 13.6. The Labute approximate surface area is 132 Å². The highest BCUT2D eigenvalue weighted by molar-refractivity contribution is 5.93. The summed E-state index contributed by atoms with van der Waals surface area (Å²) in [7, 11) is 0. The fourth-order valence-corrected chi connectivity index (χ4v) is 2.65. The molecule has 2 rings (SSSR count). The van der Waals surface area contributed by atoms with Gasteiger partial charge in [-0.3, -0.25) is 4.79 Å². The van der Waals surface area contributed by atoms with Gasteiger partial charge < -0.3 is 15.5 Å². The fourth-order valence-electron chi connectivity index (χ4n) is 2.65. The minimum absolute atomic E-state index is 0.0169. The maximum atomic E-state index is 12.0. The lowest BCUT2D eigenvalue weighted by Gasteiger charge is -2.23. The Morgan fingerprint density at radius 3 is 2.41 bits per heavy atom. The van der Waals surface area contributed by atoms with Crippen molar-refractivity contribution in [2.75, 3.05) is 25.0 Å². The largest absolute Gasteiger partial charge is 0.341 e. The Morgan fingerprint density at radius 2 is 1.77 bits per heavy atom. The van der Waals surface area contributed by atoms with Gasteiger partial charge in [-0.1, -0.05) is 39.0 Å². The Balaban J connectivity index is 1.91. The highest BCUT2D eigenvalue weighted by Gasteiger charge is 2.20. The van der Waals surface area contributed by atoms with Crippen LogP contribution < -0.4 is 10.6 Å². The molecule has 0 aromatic heterocycles. The molecule has 1 aliphatic rings. The number of urea groups is 1. The van der Waals surface area contributed by atoms with Gasteiger partial charge in [-0.15, -0.1) is 0 Å². The van der Waals surface area contributed by atoms with Gasteiger partial charge in [-0.25, -0.2) is 4.79 Å². The third-order valence-corrected chi connectivity index (χ3v) is 3.84. The van der Waals surface area contributed by atoms with E-state index in [2.05, 4.69) is 31.4 Å². The molecule has 0 bridgehead atoms. The Kier molecular flexibility index (Phi) is 5.06. The fraction of sp³-hybridized carbons (Fsp3) is 0.529. The second kappa shape index (κ2) is 6.81. The van der Waals surface area contributed by atoms with Crippen LogP contribution in [0.2, 0.25) is 0 Å². The summed E-state index contributed by atoms with van der Waals surface area (Å²) in [4.78, 5) is 25.7. The molecule has 1 aromatic carbocycles. The van der Waals surface area contributed by atoms with E-state index < -0.39 is 0 Å².